The Morgan fingerprint density at radius 2 is 1.69 bits per heavy atom. The molecule has 0 unspecified atom stereocenters. The molecule has 5 nitrogen and oxygen atoms in total. The molecule has 0 aliphatic carbocycles. The van der Waals surface area contributed by atoms with Gasteiger partial charge in [0.1, 0.15) is 17.1 Å². The predicted octanol–water partition coefficient (Wildman–Crippen LogP) is 5.37. The summed E-state index contributed by atoms with van der Waals surface area (Å²) in [5, 5.41) is 3.85. The molecule has 0 radical (unpaired) electrons. The van der Waals surface area contributed by atoms with Gasteiger partial charge in [0.15, 0.2) is 5.43 Å². The molecule has 0 aliphatic heterocycles. The third kappa shape index (κ3) is 4.00. The summed E-state index contributed by atoms with van der Waals surface area (Å²) in [6, 6.07) is 20.3. The highest BCUT2D eigenvalue weighted by Gasteiger charge is 2.10. The Kier molecular flexibility index (Phi) is 5.06. The number of hydrogen-bond acceptors (Lipinski definition) is 4. The first-order valence-corrected chi connectivity index (χ1v) is 9.20. The van der Waals surface area contributed by atoms with Crippen molar-refractivity contribution in [2.24, 2.45) is 0 Å². The first-order chi connectivity index (χ1) is 14.0. The number of carbonyl (C=O) groups is 1. The maximum Gasteiger partial charge on any atom is 0.255 e. The minimum Gasteiger partial charge on any atom is -0.497 e. The van der Waals surface area contributed by atoms with Gasteiger partial charge in [-0.15, -0.1) is 0 Å². The molecule has 0 bridgehead atoms. The predicted molar refractivity (Wildman–Crippen MR) is 114 cm³/mol. The van der Waals surface area contributed by atoms with Gasteiger partial charge >= 0.3 is 0 Å². The second-order valence-electron chi connectivity index (χ2n) is 6.38. The third-order valence-electron chi connectivity index (χ3n) is 4.47. The SMILES string of the molecule is COc1ccc2oc(-c3ccc(NC(=O)c4ccc(Cl)cc4)cc3)cc(=O)c2c1. The molecule has 1 amide bonds. The van der Waals surface area contributed by atoms with Crippen LogP contribution >= 0.6 is 11.6 Å². The minimum atomic E-state index is -0.236. The van der Waals surface area contributed by atoms with Gasteiger partial charge in [-0.25, -0.2) is 0 Å². The van der Waals surface area contributed by atoms with Crippen molar-refractivity contribution < 1.29 is 13.9 Å². The Hall–Kier alpha value is -3.57. The zero-order valence-corrected chi connectivity index (χ0v) is 16.2. The molecule has 0 spiro atoms. The van der Waals surface area contributed by atoms with Crippen LogP contribution in [0.25, 0.3) is 22.3 Å². The van der Waals surface area contributed by atoms with E-state index in [1.54, 1.807) is 73.8 Å². The fraction of sp³-hybridized carbons (Fsp3) is 0.0435. The largest absolute Gasteiger partial charge is 0.497 e. The number of benzene rings is 3. The summed E-state index contributed by atoms with van der Waals surface area (Å²) in [5.74, 6) is 0.808. The standard InChI is InChI=1S/C23H16ClNO4/c1-28-18-10-11-21-19(12-18)20(26)13-22(29-21)14-4-8-17(9-5-14)25-23(27)15-2-6-16(24)7-3-15/h2-13H,1H3,(H,25,27). The summed E-state index contributed by atoms with van der Waals surface area (Å²) in [6.45, 7) is 0. The van der Waals surface area contributed by atoms with Crippen LogP contribution in [-0.2, 0) is 0 Å². The van der Waals surface area contributed by atoms with E-state index < -0.39 is 0 Å². The molecule has 1 N–H and O–H groups in total. The van der Waals surface area contributed by atoms with Gasteiger partial charge in [0.25, 0.3) is 5.91 Å². The molecule has 0 saturated carbocycles. The number of hydrogen-bond donors (Lipinski definition) is 1. The average molecular weight is 406 g/mol. The molecule has 0 aliphatic rings. The van der Waals surface area contributed by atoms with Gasteiger partial charge in [0.05, 0.1) is 12.5 Å². The number of rotatable bonds is 4. The Morgan fingerprint density at radius 3 is 2.38 bits per heavy atom. The average Bonchev–Trinajstić information content (AvgIpc) is 2.74. The smallest absolute Gasteiger partial charge is 0.255 e. The van der Waals surface area contributed by atoms with Crippen LogP contribution in [0.1, 0.15) is 10.4 Å². The number of halogens is 1. The molecule has 1 aromatic heterocycles. The van der Waals surface area contributed by atoms with E-state index in [2.05, 4.69) is 5.32 Å². The number of anilines is 1. The van der Waals surface area contributed by atoms with E-state index in [1.807, 2.05) is 0 Å². The van der Waals surface area contributed by atoms with E-state index in [0.29, 0.717) is 38.8 Å². The lowest BCUT2D eigenvalue weighted by Gasteiger charge is -2.08. The lowest BCUT2D eigenvalue weighted by Crippen LogP contribution is -2.11. The normalized spacial score (nSPS) is 10.7. The topological polar surface area (TPSA) is 68.5 Å². The number of ether oxygens (including phenoxy) is 1. The van der Waals surface area contributed by atoms with Crippen molar-refractivity contribution in [1.82, 2.24) is 0 Å². The molecule has 0 fully saturated rings. The molecule has 0 saturated heterocycles. The molecule has 1 heterocycles. The van der Waals surface area contributed by atoms with Crippen LogP contribution in [0.4, 0.5) is 5.69 Å². The van der Waals surface area contributed by atoms with Crippen LogP contribution in [0.2, 0.25) is 5.02 Å². The van der Waals surface area contributed by atoms with E-state index in [4.69, 9.17) is 20.8 Å². The Bertz CT molecular complexity index is 1240. The first kappa shape index (κ1) is 18.8. The molecular weight excluding hydrogens is 390 g/mol. The van der Waals surface area contributed by atoms with E-state index in [0.717, 1.165) is 5.56 Å². The molecule has 144 valence electrons. The molecule has 6 heteroatoms. The summed E-state index contributed by atoms with van der Waals surface area (Å²) in [7, 11) is 1.55. The number of nitrogens with one attached hydrogen (secondary N) is 1. The summed E-state index contributed by atoms with van der Waals surface area (Å²) in [6.07, 6.45) is 0. The summed E-state index contributed by atoms with van der Waals surface area (Å²) in [4.78, 5) is 24.8. The molecule has 29 heavy (non-hydrogen) atoms. The quantitative estimate of drug-likeness (QED) is 0.495. The van der Waals surface area contributed by atoms with Crippen molar-refractivity contribution >= 4 is 34.2 Å². The third-order valence-corrected chi connectivity index (χ3v) is 4.72. The van der Waals surface area contributed by atoms with Gasteiger partial charge in [0.2, 0.25) is 0 Å². The lowest BCUT2D eigenvalue weighted by molar-refractivity contribution is 0.102. The van der Waals surface area contributed by atoms with Crippen molar-refractivity contribution in [3.8, 4) is 17.1 Å². The van der Waals surface area contributed by atoms with Gasteiger partial charge in [-0.3, -0.25) is 9.59 Å². The zero-order valence-electron chi connectivity index (χ0n) is 15.4. The number of amides is 1. The van der Waals surface area contributed by atoms with Crippen LogP contribution in [-0.4, -0.2) is 13.0 Å². The van der Waals surface area contributed by atoms with Crippen molar-refractivity contribution in [3.63, 3.8) is 0 Å². The Morgan fingerprint density at radius 1 is 0.966 bits per heavy atom. The lowest BCUT2D eigenvalue weighted by atomic mass is 10.1. The second-order valence-corrected chi connectivity index (χ2v) is 6.81. The second kappa shape index (κ2) is 7.81. The fourth-order valence-electron chi connectivity index (χ4n) is 2.93. The molecular formula is C23H16ClNO4. The molecule has 0 atom stereocenters. The number of methoxy groups -OCH3 is 1. The van der Waals surface area contributed by atoms with E-state index in [9.17, 15) is 9.59 Å². The highest BCUT2D eigenvalue weighted by atomic mass is 35.5. The van der Waals surface area contributed by atoms with Crippen LogP contribution < -0.4 is 15.5 Å². The minimum absolute atomic E-state index is 0.153. The van der Waals surface area contributed by atoms with Gasteiger partial charge < -0.3 is 14.5 Å². The van der Waals surface area contributed by atoms with Crippen LogP contribution in [0.5, 0.6) is 5.75 Å². The van der Waals surface area contributed by atoms with Gasteiger partial charge in [-0.2, -0.15) is 0 Å². The van der Waals surface area contributed by atoms with Crippen molar-refractivity contribution in [1.29, 1.82) is 0 Å². The van der Waals surface area contributed by atoms with Crippen molar-refractivity contribution in [3.05, 3.63) is 93.6 Å². The van der Waals surface area contributed by atoms with E-state index in [1.165, 1.54) is 6.07 Å². The van der Waals surface area contributed by atoms with Crippen molar-refractivity contribution in [2.75, 3.05) is 12.4 Å². The highest BCUT2D eigenvalue weighted by molar-refractivity contribution is 6.30. The Labute approximate surface area is 171 Å². The summed E-state index contributed by atoms with van der Waals surface area (Å²) < 4.78 is 11.0. The molecule has 3 aromatic carbocycles. The summed E-state index contributed by atoms with van der Waals surface area (Å²) >= 11 is 5.85. The number of carbonyl (C=O) groups excluding carboxylic acids is 1. The summed E-state index contributed by atoms with van der Waals surface area (Å²) in [5.41, 5.74) is 2.19. The maximum atomic E-state index is 12.5. The monoisotopic (exact) mass is 405 g/mol. The number of fused-ring (bicyclic) bond motifs is 1. The Balaban J connectivity index is 1.58. The van der Waals surface area contributed by atoms with Crippen LogP contribution in [0.15, 0.2) is 82.0 Å². The highest BCUT2D eigenvalue weighted by Crippen LogP contribution is 2.25. The van der Waals surface area contributed by atoms with E-state index >= 15 is 0 Å². The van der Waals surface area contributed by atoms with Gasteiger partial charge in [0, 0.05) is 27.9 Å². The van der Waals surface area contributed by atoms with Crippen LogP contribution in [0.3, 0.4) is 0 Å². The first-order valence-electron chi connectivity index (χ1n) is 8.83. The molecule has 4 aromatic rings. The fourth-order valence-corrected chi connectivity index (χ4v) is 3.05. The van der Waals surface area contributed by atoms with Gasteiger partial charge in [-0.05, 0) is 66.7 Å². The van der Waals surface area contributed by atoms with Crippen LogP contribution in [0, 0.1) is 0 Å². The maximum absolute atomic E-state index is 12.5. The van der Waals surface area contributed by atoms with Crippen molar-refractivity contribution in [2.45, 2.75) is 0 Å². The molecule has 4 rings (SSSR count). The zero-order chi connectivity index (χ0) is 20.4. The van der Waals surface area contributed by atoms with Gasteiger partial charge in [-0.1, -0.05) is 11.6 Å². The van der Waals surface area contributed by atoms with E-state index in [-0.39, 0.29) is 11.3 Å².